The average molecular weight is 399 g/mol. The van der Waals surface area contributed by atoms with Crippen molar-refractivity contribution in [1.29, 1.82) is 0 Å². The molecule has 2 aromatic carbocycles. The van der Waals surface area contributed by atoms with Crippen molar-refractivity contribution in [3.05, 3.63) is 65.7 Å². The molecule has 1 fully saturated rings. The Morgan fingerprint density at radius 1 is 1.03 bits per heavy atom. The van der Waals surface area contributed by atoms with Gasteiger partial charge in [0.2, 0.25) is 5.95 Å². The SMILES string of the molecule is CC(C)c1ccc(-c2nc(NC3CC3)nc3nn(Cc4ccccc4)c(N)c23)cc1. The molecule has 4 aromatic rings. The second-order valence-electron chi connectivity index (χ2n) is 8.32. The first-order chi connectivity index (χ1) is 14.6. The molecule has 1 aliphatic rings. The van der Waals surface area contributed by atoms with E-state index in [0.717, 1.165) is 35.0 Å². The van der Waals surface area contributed by atoms with Gasteiger partial charge in [-0.2, -0.15) is 4.98 Å². The van der Waals surface area contributed by atoms with Gasteiger partial charge in [-0.25, -0.2) is 9.67 Å². The number of anilines is 2. The Morgan fingerprint density at radius 3 is 2.43 bits per heavy atom. The highest BCUT2D eigenvalue weighted by atomic mass is 15.3. The number of nitrogens with two attached hydrogens (primary N) is 1. The van der Waals surface area contributed by atoms with Crippen LogP contribution in [0.1, 0.15) is 43.7 Å². The van der Waals surface area contributed by atoms with E-state index >= 15 is 0 Å². The summed E-state index contributed by atoms with van der Waals surface area (Å²) in [5.74, 6) is 1.70. The van der Waals surface area contributed by atoms with E-state index in [2.05, 4.69) is 60.5 Å². The number of aromatic nitrogens is 4. The highest BCUT2D eigenvalue weighted by molar-refractivity contribution is 5.99. The maximum Gasteiger partial charge on any atom is 0.225 e. The Bertz CT molecular complexity index is 1170. The molecular formula is C24H26N6. The molecule has 2 heterocycles. The summed E-state index contributed by atoms with van der Waals surface area (Å²) in [7, 11) is 0. The van der Waals surface area contributed by atoms with E-state index in [4.69, 9.17) is 15.8 Å². The van der Waals surface area contributed by atoms with Crippen LogP contribution >= 0.6 is 0 Å². The first-order valence-electron chi connectivity index (χ1n) is 10.5. The standard InChI is InChI=1S/C24H26N6/c1-15(2)17-8-10-18(11-9-17)21-20-22(25)30(14-16-6-4-3-5-7-16)29-23(20)28-24(27-21)26-19-12-13-19/h3-11,15,19H,12-14,25H2,1-2H3,(H,26,28,29). The van der Waals surface area contributed by atoms with Gasteiger partial charge in [0.15, 0.2) is 5.65 Å². The molecule has 6 heteroatoms. The van der Waals surface area contributed by atoms with Crippen molar-refractivity contribution in [1.82, 2.24) is 19.7 Å². The van der Waals surface area contributed by atoms with Gasteiger partial charge in [0.25, 0.3) is 0 Å². The van der Waals surface area contributed by atoms with Gasteiger partial charge in [0.1, 0.15) is 5.82 Å². The Morgan fingerprint density at radius 2 is 1.77 bits per heavy atom. The second-order valence-corrected chi connectivity index (χ2v) is 8.32. The van der Waals surface area contributed by atoms with E-state index in [9.17, 15) is 0 Å². The van der Waals surface area contributed by atoms with Crippen LogP contribution in [0.4, 0.5) is 11.8 Å². The molecule has 0 amide bonds. The third kappa shape index (κ3) is 3.61. The summed E-state index contributed by atoms with van der Waals surface area (Å²) in [5.41, 5.74) is 11.5. The molecule has 0 bridgehead atoms. The van der Waals surface area contributed by atoms with E-state index in [1.165, 1.54) is 5.56 Å². The maximum atomic E-state index is 6.57. The van der Waals surface area contributed by atoms with Crippen LogP contribution in [-0.4, -0.2) is 25.8 Å². The lowest BCUT2D eigenvalue weighted by atomic mass is 10.00. The number of hydrogen-bond donors (Lipinski definition) is 2. The Kier molecular flexibility index (Phi) is 4.62. The summed E-state index contributed by atoms with van der Waals surface area (Å²) < 4.78 is 1.82. The van der Waals surface area contributed by atoms with Gasteiger partial charge in [-0.15, -0.1) is 5.10 Å². The van der Waals surface area contributed by atoms with Crippen molar-refractivity contribution in [2.75, 3.05) is 11.1 Å². The third-order valence-electron chi connectivity index (χ3n) is 5.58. The summed E-state index contributed by atoms with van der Waals surface area (Å²) in [5, 5.41) is 8.95. The van der Waals surface area contributed by atoms with E-state index in [-0.39, 0.29) is 0 Å². The van der Waals surface area contributed by atoms with Crippen molar-refractivity contribution in [2.45, 2.75) is 45.2 Å². The molecule has 5 rings (SSSR count). The zero-order chi connectivity index (χ0) is 20.7. The molecule has 0 radical (unpaired) electrons. The first kappa shape index (κ1) is 18.6. The molecule has 30 heavy (non-hydrogen) atoms. The monoisotopic (exact) mass is 398 g/mol. The summed E-state index contributed by atoms with van der Waals surface area (Å²) >= 11 is 0. The number of rotatable bonds is 6. The molecule has 0 unspecified atom stereocenters. The van der Waals surface area contributed by atoms with Crippen molar-refractivity contribution >= 4 is 22.8 Å². The van der Waals surface area contributed by atoms with Crippen molar-refractivity contribution in [3.8, 4) is 11.3 Å². The van der Waals surface area contributed by atoms with Crippen LogP contribution in [0, 0.1) is 0 Å². The molecule has 6 nitrogen and oxygen atoms in total. The van der Waals surface area contributed by atoms with Gasteiger partial charge >= 0.3 is 0 Å². The van der Waals surface area contributed by atoms with Crippen LogP contribution in [0.15, 0.2) is 54.6 Å². The van der Waals surface area contributed by atoms with E-state index in [0.29, 0.717) is 35.9 Å². The Labute approximate surface area is 176 Å². The van der Waals surface area contributed by atoms with Gasteiger partial charge in [-0.1, -0.05) is 68.4 Å². The van der Waals surface area contributed by atoms with Crippen LogP contribution in [0.25, 0.3) is 22.3 Å². The summed E-state index contributed by atoms with van der Waals surface area (Å²) in [6.07, 6.45) is 2.31. The van der Waals surface area contributed by atoms with Crippen LogP contribution < -0.4 is 11.1 Å². The predicted octanol–water partition coefficient (Wildman–Crippen LogP) is 4.82. The molecule has 0 atom stereocenters. The fourth-order valence-corrected chi connectivity index (χ4v) is 3.64. The Hall–Kier alpha value is -3.41. The third-order valence-corrected chi connectivity index (χ3v) is 5.58. The summed E-state index contributed by atoms with van der Waals surface area (Å²) in [6.45, 7) is 4.99. The molecule has 0 saturated heterocycles. The topological polar surface area (TPSA) is 81.7 Å². The lowest BCUT2D eigenvalue weighted by Gasteiger charge is -2.10. The molecule has 0 spiro atoms. The number of nitrogens with one attached hydrogen (secondary N) is 1. The van der Waals surface area contributed by atoms with Crippen LogP contribution in [0.5, 0.6) is 0 Å². The smallest absolute Gasteiger partial charge is 0.225 e. The summed E-state index contributed by atoms with van der Waals surface area (Å²) in [6, 6.07) is 19.2. The zero-order valence-corrected chi connectivity index (χ0v) is 17.3. The van der Waals surface area contributed by atoms with Gasteiger partial charge < -0.3 is 11.1 Å². The molecule has 1 saturated carbocycles. The molecular weight excluding hydrogens is 372 g/mol. The van der Waals surface area contributed by atoms with Crippen LogP contribution in [0.3, 0.4) is 0 Å². The minimum atomic E-state index is 0.461. The molecule has 0 aliphatic heterocycles. The second kappa shape index (κ2) is 7.44. The lowest BCUT2D eigenvalue weighted by molar-refractivity contribution is 0.703. The number of nitrogen functional groups attached to an aromatic ring is 1. The van der Waals surface area contributed by atoms with Crippen molar-refractivity contribution in [3.63, 3.8) is 0 Å². The summed E-state index contributed by atoms with van der Waals surface area (Å²) in [4.78, 5) is 9.53. The predicted molar refractivity (Wildman–Crippen MR) is 121 cm³/mol. The Balaban J connectivity index is 1.62. The number of nitrogens with zero attached hydrogens (tertiary/aromatic N) is 4. The maximum absolute atomic E-state index is 6.57. The minimum absolute atomic E-state index is 0.461. The van der Waals surface area contributed by atoms with Crippen LogP contribution in [-0.2, 0) is 6.54 Å². The lowest BCUT2D eigenvalue weighted by Crippen LogP contribution is -2.06. The molecule has 152 valence electrons. The van der Waals surface area contributed by atoms with Gasteiger partial charge in [0, 0.05) is 11.6 Å². The fraction of sp³-hybridized carbons (Fsp3) is 0.292. The van der Waals surface area contributed by atoms with Crippen molar-refractivity contribution < 1.29 is 0 Å². The van der Waals surface area contributed by atoms with Gasteiger partial charge in [-0.3, -0.25) is 0 Å². The number of fused-ring (bicyclic) bond motifs is 1. The fourth-order valence-electron chi connectivity index (χ4n) is 3.64. The van der Waals surface area contributed by atoms with Crippen LogP contribution in [0.2, 0.25) is 0 Å². The van der Waals surface area contributed by atoms with E-state index in [1.54, 1.807) is 0 Å². The number of hydrogen-bond acceptors (Lipinski definition) is 5. The highest BCUT2D eigenvalue weighted by Gasteiger charge is 2.24. The molecule has 2 aromatic heterocycles. The zero-order valence-electron chi connectivity index (χ0n) is 17.3. The quantitative estimate of drug-likeness (QED) is 0.486. The van der Waals surface area contributed by atoms with Gasteiger partial charge in [-0.05, 0) is 29.9 Å². The average Bonchev–Trinajstić information content (AvgIpc) is 3.51. The van der Waals surface area contributed by atoms with Gasteiger partial charge in [0.05, 0.1) is 17.6 Å². The highest BCUT2D eigenvalue weighted by Crippen LogP contribution is 2.33. The molecule has 1 aliphatic carbocycles. The number of benzene rings is 2. The van der Waals surface area contributed by atoms with E-state index in [1.807, 2.05) is 22.9 Å². The molecule has 3 N–H and O–H groups in total. The first-order valence-corrected chi connectivity index (χ1v) is 10.5. The largest absolute Gasteiger partial charge is 0.383 e. The van der Waals surface area contributed by atoms with E-state index < -0.39 is 0 Å². The minimum Gasteiger partial charge on any atom is -0.383 e. The normalized spacial score (nSPS) is 13.8. The van der Waals surface area contributed by atoms with Crippen molar-refractivity contribution in [2.24, 2.45) is 0 Å².